The molecule has 0 unspecified atom stereocenters. The minimum atomic E-state index is -3.65. The maximum absolute atomic E-state index is 12.7. The van der Waals surface area contributed by atoms with E-state index in [2.05, 4.69) is 21.2 Å². The van der Waals surface area contributed by atoms with Crippen LogP contribution in [0.1, 0.15) is 15.9 Å². The first-order chi connectivity index (χ1) is 11.8. The molecule has 8 heteroatoms. The number of carbonyl (C=O) groups is 1. The van der Waals surface area contributed by atoms with Crippen LogP contribution >= 0.6 is 15.9 Å². The average molecular weight is 427 g/mol. The molecular weight excluding hydrogens is 408 g/mol. The van der Waals surface area contributed by atoms with Gasteiger partial charge >= 0.3 is 0 Å². The van der Waals surface area contributed by atoms with E-state index < -0.39 is 10.0 Å². The van der Waals surface area contributed by atoms with Crippen molar-refractivity contribution in [2.24, 2.45) is 0 Å². The molecule has 2 aromatic rings. The first kappa shape index (κ1) is 19.4. The van der Waals surface area contributed by atoms with E-state index in [9.17, 15) is 13.2 Å². The summed E-state index contributed by atoms with van der Waals surface area (Å²) in [6.45, 7) is 0.194. The Morgan fingerprint density at radius 1 is 1.20 bits per heavy atom. The Labute approximate surface area is 156 Å². The second-order valence-electron chi connectivity index (χ2n) is 5.33. The zero-order valence-corrected chi connectivity index (χ0v) is 16.5. The van der Waals surface area contributed by atoms with E-state index in [0.717, 1.165) is 5.56 Å². The van der Waals surface area contributed by atoms with Crippen LogP contribution in [0.3, 0.4) is 0 Å². The van der Waals surface area contributed by atoms with Crippen LogP contribution in [0.25, 0.3) is 0 Å². The summed E-state index contributed by atoms with van der Waals surface area (Å²) in [4.78, 5) is 11.7. The molecule has 6 nitrogen and oxygen atoms in total. The van der Waals surface area contributed by atoms with Crippen LogP contribution < -0.4 is 10.1 Å². The third kappa shape index (κ3) is 4.39. The molecule has 0 saturated carbocycles. The number of hydrogen-bond acceptors (Lipinski definition) is 4. The molecule has 1 amide bonds. The van der Waals surface area contributed by atoms with Crippen LogP contribution in [0.2, 0.25) is 0 Å². The zero-order chi connectivity index (χ0) is 18.6. The minimum absolute atomic E-state index is 0.171. The molecule has 0 heterocycles. The molecule has 0 aliphatic heterocycles. The van der Waals surface area contributed by atoms with Gasteiger partial charge in [0.15, 0.2) is 0 Å². The SMILES string of the molecule is CNC(=O)c1ccc(CN(C)S(=O)(=O)c2ccc(OC)c(Br)c2)cc1. The van der Waals surface area contributed by atoms with Crippen LogP contribution in [0, 0.1) is 0 Å². The van der Waals surface area contributed by atoms with Crippen molar-refractivity contribution in [2.75, 3.05) is 21.2 Å². The van der Waals surface area contributed by atoms with E-state index in [0.29, 0.717) is 15.8 Å². The number of sulfonamides is 1. The lowest BCUT2D eigenvalue weighted by Crippen LogP contribution is -2.26. The number of methoxy groups -OCH3 is 1. The van der Waals surface area contributed by atoms with Crippen molar-refractivity contribution in [3.05, 3.63) is 58.1 Å². The third-order valence-corrected chi connectivity index (χ3v) is 6.10. The van der Waals surface area contributed by atoms with Crippen molar-refractivity contribution < 1.29 is 17.9 Å². The van der Waals surface area contributed by atoms with Gasteiger partial charge in [-0.05, 0) is 51.8 Å². The van der Waals surface area contributed by atoms with Gasteiger partial charge in [-0.3, -0.25) is 4.79 Å². The van der Waals surface area contributed by atoms with Crippen molar-refractivity contribution in [2.45, 2.75) is 11.4 Å². The summed E-state index contributed by atoms with van der Waals surface area (Å²) in [7, 11) is 0.943. The summed E-state index contributed by atoms with van der Waals surface area (Å²) < 4.78 is 32.4. The number of ether oxygens (including phenoxy) is 1. The molecule has 134 valence electrons. The number of carbonyl (C=O) groups excluding carboxylic acids is 1. The smallest absolute Gasteiger partial charge is 0.251 e. The monoisotopic (exact) mass is 426 g/mol. The number of hydrogen-bond donors (Lipinski definition) is 1. The molecule has 0 radical (unpaired) electrons. The molecule has 0 aromatic heterocycles. The Kier molecular flexibility index (Phi) is 6.21. The van der Waals surface area contributed by atoms with Gasteiger partial charge in [0.25, 0.3) is 5.91 Å². The van der Waals surface area contributed by atoms with Crippen molar-refractivity contribution >= 4 is 31.9 Å². The van der Waals surface area contributed by atoms with E-state index >= 15 is 0 Å². The van der Waals surface area contributed by atoms with Crippen LogP contribution in [0.4, 0.5) is 0 Å². The quantitative estimate of drug-likeness (QED) is 0.769. The standard InChI is InChI=1S/C17H19BrN2O4S/c1-19-17(21)13-6-4-12(5-7-13)11-20(2)25(22,23)14-8-9-16(24-3)15(18)10-14/h4-10H,11H2,1-3H3,(H,19,21). The number of amides is 1. The fraction of sp³-hybridized carbons (Fsp3) is 0.235. The van der Waals surface area contributed by atoms with Gasteiger partial charge in [-0.1, -0.05) is 12.1 Å². The highest BCUT2D eigenvalue weighted by Gasteiger charge is 2.22. The first-order valence-electron chi connectivity index (χ1n) is 7.40. The molecule has 2 rings (SSSR count). The summed E-state index contributed by atoms with van der Waals surface area (Å²) in [5.41, 5.74) is 1.31. The summed E-state index contributed by atoms with van der Waals surface area (Å²) >= 11 is 3.30. The van der Waals surface area contributed by atoms with Gasteiger partial charge in [0.05, 0.1) is 16.5 Å². The van der Waals surface area contributed by atoms with Gasteiger partial charge in [-0.2, -0.15) is 4.31 Å². The van der Waals surface area contributed by atoms with E-state index in [1.165, 1.54) is 30.6 Å². The highest BCUT2D eigenvalue weighted by atomic mass is 79.9. The lowest BCUT2D eigenvalue weighted by molar-refractivity contribution is 0.0963. The van der Waals surface area contributed by atoms with Gasteiger partial charge < -0.3 is 10.1 Å². The summed E-state index contributed by atoms with van der Waals surface area (Å²) in [5, 5.41) is 2.54. The Morgan fingerprint density at radius 2 is 1.84 bits per heavy atom. The normalized spacial score (nSPS) is 11.4. The lowest BCUT2D eigenvalue weighted by Gasteiger charge is -2.18. The van der Waals surface area contributed by atoms with Crippen LogP contribution in [0.15, 0.2) is 51.8 Å². The molecule has 0 spiro atoms. The number of benzene rings is 2. The third-order valence-electron chi connectivity index (χ3n) is 3.68. The number of rotatable bonds is 6. The van der Waals surface area contributed by atoms with E-state index in [4.69, 9.17) is 4.74 Å². The molecule has 1 N–H and O–H groups in total. The topological polar surface area (TPSA) is 75.7 Å². The molecular formula is C17H19BrN2O4S. The van der Waals surface area contributed by atoms with Crippen LogP contribution in [-0.2, 0) is 16.6 Å². The molecule has 25 heavy (non-hydrogen) atoms. The Morgan fingerprint density at radius 3 is 2.36 bits per heavy atom. The predicted molar refractivity (Wildman–Crippen MR) is 99.2 cm³/mol. The second-order valence-corrected chi connectivity index (χ2v) is 8.23. The average Bonchev–Trinajstić information content (AvgIpc) is 2.61. The maximum atomic E-state index is 12.7. The lowest BCUT2D eigenvalue weighted by atomic mass is 10.1. The molecule has 0 bridgehead atoms. The summed E-state index contributed by atoms with van der Waals surface area (Å²) in [6.07, 6.45) is 0. The fourth-order valence-corrected chi connectivity index (χ4v) is 4.11. The van der Waals surface area contributed by atoms with Gasteiger partial charge in [0.1, 0.15) is 5.75 Å². The fourth-order valence-electron chi connectivity index (χ4n) is 2.24. The van der Waals surface area contributed by atoms with E-state index in [1.54, 1.807) is 37.4 Å². The van der Waals surface area contributed by atoms with Gasteiger partial charge in [0.2, 0.25) is 10.0 Å². The summed E-state index contributed by atoms with van der Waals surface area (Å²) in [6, 6.07) is 11.4. The van der Waals surface area contributed by atoms with Crippen LogP contribution in [-0.4, -0.2) is 39.8 Å². The van der Waals surface area contributed by atoms with Gasteiger partial charge in [0, 0.05) is 26.2 Å². The number of halogens is 1. The molecule has 2 aromatic carbocycles. The zero-order valence-electron chi connectivity index (χ0n) is 14.1. The molecule has 0 aliphatic rings. The maximum Gasteiger partial charge on any atom is 0.251 e. The molecule has 0 saturated heterocycles. The second kappa shape index (κ2) is 7.99. The Bertz CT molecular complexity index is 867. The highest BCUT2D eigenvalue weighted by molar-refractivity contribution is 9.10. The largest absolute Gasteiger partial charge is 0.496 e. The first-order valence-corrected chi connectivity index (χ1v) is 9.63. The minimum Gasteiger partial charge on any atom is -0.496 e. The van der Waals surface area contributed by atoms with Gasteiger partial charge in [-0.15, -0.1) is 0 Å². The van der Waals surface area contributed by atoms with Crippen LogP contribution in [0.5, 0.6) is 5.75 Å². The van der Waals surface area contributed by atoms with Crippen molar-refractivity contribution in [3.63, 3.8) is 0 Å². The van der Waals surface area contributed by atoms with Crippen molar-refractivity contribution in [1.29, 1.82) is 0 Å². The highest BCUT2D eigenvalue weighted by Crippen LogP contribution is 2.28. The van der Waals surface area contributed by atoms with E-state index in [1.807, 2.05) is 0 Å². The number of nitrogens with zero attached hydrogens (tertiary/aromatic N) is 1. The molecule has 0 atom stereocenters. The molecule has 0 fully saturated rings. The van der Waals surface area contributed by atoms with E-state index in [-0.39, 0.29) is 17.3 Å². The van der Waals surface area contributed by atoms with Crippen molar-refractivity contribution in [1.82, 2.24) is 9.62 Å². The predicted octanol–water partition coefficient (Wildman–Crippen LogP) is 2.64. The Hall–Kier alpha value is -1.90. The molecule has 0 aliphatic carbocycles. The van der Waals surface area contributed by atoms with Crippen molar-refractivity contribution in [3.8, 4) is 5.75 Å². The number of nitrogens with one attached hydrogen (secondary N) is 1. The van der Waals surface area contributed by atoms with Gasteiger partial charge in [-0.25, -0.2) is 8.42 Å². The Balaban J connectivity index is 2.20. The summed E-state index contributed by atoms with van der Waals surface area (Å²) in [5.74, 6) is 0.377.